The Morgan fingerprint density at radius 2 is 2.03 bits per heavy atom. The average molecular weight is 448 g/mol. The van der Waals surface area contributed by atoms with Crippen molar-refractivity contribution in [1.29, 1.82) is 0 Å². The molecule has 172 valence electrons. The van der Waals surface area contributed by atoms with E-state index >= 15 is 0 Å². The van der Waals surface area contributed by atoms with E-state index in [0.717, 1.165) is 42.1 Å². The SMILES string of the molecule is COc1cccc(CN2CC(C(=O)NCc3ccccn3)CC(c3ccc(F)c(C)c3)C2)c1. The molecule has 2 atom stereocenters. The zero-order valence-electron chi connectivity index (χ0n) is 19.1. The Balaban J connectivity index is 1.51. The van der Waals surface area contributed by atoms with Gasteiger partial charge in [0.15, 0.2) is 0 Å². The number of ether oxygens (including phenoxy) is 1. The normalized spacial score (nSPS) is 18.6. The maximum Gasteiger partial charge on any atom is 0.224 e. The molecule has 33 heavy (non-hydrogen) atoms. The number of methoxy groups -OCH3 is 1. The minimum Gasteiger partial charge on any atom is -0.497 e. The molecule has 4 rings (SSSR count). The Morgan fingerprint density at radius 1 is 1.15 bits per heavy atom. The number of hydrogen-bond acceptors (Lipinski definition) is 4. The maximum absolute atomic E-state index is 13.9. The second kappa shape index (κ2) is 10.6. The molecule has 1 aliphatic rings. The molecule has 0 saturated carbocycles. The summed E-state index contributed by atoms with van der Waals surface area (Å²) in [5, 5.41) is 3.06. The molecule has 1 saturated heterocycles. The van der Waals surface area contributed by atoms with Crippen molar-refractivity contribution in [2.45, 2.75) is 32.4 Å². The second-order valence-electron chi connectivity index (χ2n) is 8.72. The van der Waals surface area contributed by atoms with Gasteiger partial charge < -0.3 is 10.1 Å². The van der Waals surface area contributed by atoms with Gasteiger partial charge in [-0.05, 0) is 66.3 Å². The summed E-state index contributed by atoms with van der Waals surface area (Å²) < 4.78 is 19.2. The Hall–Kier alpha value is -3.25. The first-order valence-corrected chi connectivity index (χ1v) is 11.3. The van der Waals surface area contributed by atoms with E-state index in [2.05, 4.69) is 21.3 Å². The number of hydrogen-bond donors (Lipinski definition) is 1. The van der Waals surface area contributed by atoms with Gasteiger partial charge in [-0.15, -0.1) is 0 Å². The van der Waals surface area contributed by atoms with E-state index in [1.807, 2.05) is 48.5 Å². The number of aryl methyl sites for hydroxylation is 1. The number of halogens is 1. The predicted molar refractivity (Wildman–Crippen MR) is 126 cm³/mol. The van der Waals surface area contributed by atoms with Crippen LogP contribution < -0.4 is 10.1 Å². The van der Waals surface area contributed by atoms with E-state index in [1.54, 1.807) is 20.2 Å². The topological polar surface area (TPSA) is 54.5 Å². The van der Waals surface area contributed by atoms with Crippen LogP contribution in [-0.4, -0.2) is 36.0 Å². The third-order valence-corrected chi connectivity index (χ3v) is 6.26. The minimum atomic E-state index is -0.201. The van der Waals surface area contributed by atoms with Crippen LogP contribution >= 0.6 is 0 Å². The predicted octanol–water partition coefficient (Wildman–Crippen LogP) is 4.46. The van der Waals surface area contributed by atoms with E-state index in [9.17, 15) is 9.18 Å². The summed E-state index contributed by atoms with van der Waals surface area (Å²) >= 11 is 0. The number of piperidine rings is 1. The lowest BCUT2D eigenvalue weighted by atomic mass is 9.83. The Kier molecular flexibility index (Phi) is 7.35. The number of aromatic nitrogens is 1. The highest BCUT2D eigenvalue weighted by atomic mass is 19.1. The van der Waals surface area contributed by atoms with Gasteiger partial charge in [0, 0.05) is 25.8 Å². The second-order valence-corrected chi connectivity index (χ2v) is 8.72. The van der Waals surface area contributed by atoms with Gasteiger partial charge in [0.25, 0.3) is 0 Å². The van der Waals surface area contributed by atoms with Crippen molar-refractivity contribution < 1.29 is 13.9 Å². The quantitative estimate of drug-likeness (QED) is 0.581. The van der Waals surface area contributed by atoms with Gasteiger partial charge in [-0.25, -0.2) is 4.39 Å². The molecular formula is C27H30FN3O2. The van der Waals surface area contributed by atoms with Gasteiger partial charge in [0.1, 0.15) is 11.6 Å². The highest BCUT2D eigenvalue weighted by molar-refractivity contribution is 5.79. The molecule has 1 amide bonds. The van der Waals surface area contributed by atoms with Gasteiger partial charge in [-0.3, -0.25) is 14.7 Å². The number of carbonyl (C=O) groups is 1. The highest BCUT2D eigenvalue weighted by Gasteiger charge is 2.32. The lowest BCUT2D eigenvalue weighted by molar-refractivity contribution is -0.127. The van der Waals surface area contributed by atoms with Crippen LogP contribution in [0.2, 0.25) is 0 Å². The largest absolute Gasteiger partial charge is 0.497 e. The Morgan fingerprint density at radius 3 is 2.79 bits per heavy atom. The number of pyridine rings is 1. The van der Waals surface area contributed by atoms with Crippen molar-refractivity contribution in [1.82, 2.24) is 15.2 Å². The number of carbonyl (C=O) groups excluding carboxylic acids is 1. The monoisotopic (exact) mass is 447 g/mol. The molecule has 0 bridgehead atoms. The van der Waals surface area contributed by atoms with Crippen LogP contribution in [0.1, 0.15) is 34.7 Å². The number of nitrogens with zero attached hydrogens (tertiary/aromatic N) is 2. The highest BCUT2D eigenvalue weighted by Crippen LogP contribution is 2.32. The molecule has 2 heterocycles. The standard InChI is InChI=1S/C27H30FN3O2/c1-19-12-21(9-10-26(19)28)22-14-23(27(32)30-15-24-7-3-4-11-29-24)18-31(17-22)16-20-6-5-8-25(13-20)33-2/h3-13,22-23H,14-18H2,1-2H3,(H,30,32). The van der Waals surface area contributed by atoms with Crippen LogP contribution in [-0.2, 0) is 17.9 Å². The first-order chi connectivity index (χ1) is 16.0. The Labute approximate surface area is 194 Å². The molecule has 6 heteroatoms. The summed E-state index contributed by atoms with van der Waals surface area (Å²) in [6.07, 6.45) is 2.46. The van der Waals surface area contributed by atoms with Crippen molar-refractivity contribution in [3.8, 4) is 5.75 Å². The molecule has 0 radical (unpaired) electrons. The van der Waals surface area contributed by atoms with E-state index < -0.39 is 0 Å². The molecule has 2 unspecified atom stereocenters. The number of likely N-dealkylation sites (tertiary alicyclic amines) is 1. The van der Waals surface area contributed by atoms with Crippen molar-refractivity contribution in [2.24, 2.45) is 5.92 Å². The van der Waals surface area contributed by atoms with Gasteiger partial charge >= 0.3 is 0 Å². The molecule has 1 N–H and O–H groups in total. The molecule has 1 aliphatic heterocycles. The number of nitrogens with one attached hydrogen (secondary N) is 1. The minimum absolute atomic E-state index is 0.0276. The van der Waals surface area contributed by atoms with Crippen LogP contribution in [0, 0.1) is 18.7 Å². The molecule has 1 aromatic heterocycles. The zero-order valence-corrected chi connectivity index (χ0v) is 19.1. The number of benzene rings is 2. The maximum atomic E-state index is 13.9. The molecule has 0 aliphatic carbocycles. The lowest BCUT2D eigenvalue weighted by Gasteiger charge is -2.37. The molecule has 5 nitrogen and oxygen atoms in total. The average Bonchev–Trinajstić information content (AvgIpc) is 2.84. The summed E-state index contributed by atoms with van der Waals surface area (Å²) in [5.74, 6) is 0.629. The van der Waals surface area contributed by atoms with E-state index in [-0.39, 0.29) is 23.6 Å². The lowest BCUT2D eigenvalue weighted by Crippen LogP contribution is -2.45. The van der Waals surface area contributed by atoms with E-state index in [4.69, 9.17) is 4.74 Å². The van der Waals surface area contributed by atoms with E-state index in [0.29, 0.717) is 18.7 Å². The van der Waals surface area contributed by atoms with Crippen molar-refractivity contribution in [3.05, 3.63) is 95.1 Å². The molecule has 3 aromatic rings. The van der Waals surface area contributed by atoms with Gasteiger partial charge in [-0.2, -0.15) is 0 Å². The van der Waals surface area contributed by atoms with Gasteiger partial charge in [0.2, 0.25) is 5.91 Å². The first-order valence-electron chi connectivity index (χ1n) is 11.3. The first kappa shape index (κ1) is 22.9. The Bertz CT molecular complexity index is 1090. The summed E-state index contributed by atoms with van der Waals surface area (Å²) in [6.45, 7) is 4.39. The van der Waals surface area contributed by atoms with Crippen LogP contribution in [0.3, 0.4) is 0 Å². The molecule has 0 spiro atoms. The summed E-state index contributed by atoms with van der Waals surface area (Å²) in [7, 11) is 1.66. The fraction of sp³-hybridized carbons (Fsp3) is 0.333. The van der Waals surface area contributed by atoms with Crippen molar-refractivity contribution >= 4 is 5.91 Å². The number of amides is 1. The smallest absolute Gasteiger partial charge is 0.224 e. The third-order valence-electron chi connectivity index (χ3n) is 6.26. The van der Waals surface area contributed by atoms with Crippen molar-refractivity contribution in [2.75, 3.05) is 20.2 Å². The van der Waals surface area contributed by atoms with Crippen LogP contribution in [0.4, 0.5) is 4.39 Å². The molecule has 2 aromatic carbocycles. The fourth-order valence-corrected chi connectivity index (χ4v) is 4.53. The molecule has 1 fully saturated rings. The fourth-order valence-electron chi connectivity index (χ4n) is 4.53. The van der Waals surface area contributed by atoms with Crippen molar-refractivity contribution in [3.63, 3.8) is 0 Å². The summed E-state index contributed by atoms with van der Waals surface area (Å²) in [4.78, 5) is 19.7. The number of rotatable bonds is 7. The third kappa shape index (κ3) is 5.96. The summed E-state index contributed by atoms with van der Waals surface area (Å²) in [6, 6.07) is 19.0. The summed E-state index contributed by atoms with van der Waals surface area (Å²) in [5.41, 5.74) is 3.68. The van der Waals surface area contributed by atoms with Crippen LogP contribution in [0.25, 0.3) is 0 Å². The van der Waals surface area contributed by atoms with Gasteiger partial charge in [0.05, 0.1) is 25.3 Å². The molecular weight excluding hydrogens is 417 g/mol. The van der Waals surface area contributed by atoms with Crippen LogP contribution in [0.15, 0.2) is 66.9 Å². The van der Waals surface area contributed by atoms with Crippen LogP contribution in [0.5, 0.6) is 5.75 Å². The van der Waals surface area contributed by atoms with Gasteiger partial charge in [-0.1, -0.05) is 30.3 Å². The van der Waals surface area contributed by atoms with E-state index in [1.165, 1.54) is 6.07 Å². The zero-order chi connectivity index (χ0) is 23.2.